The third-order valence-corrected chi connectivity index (χ3v) is 5.12. The normalized spacial score (nSPS) is 11.9. The molecule has 1 N–H and O–H groups in total. The molecule has 1 atom stereocenters. The number of benzene rings is 3. The fourth-order valence-electron chi connectivity index (χ4n) is 3.54. The average molecular weight is 420 g/mol. The Kier molecular flexibility index (Phi) is 7.29. The quantitative estimate of drug-likeness (QED) is 0.517. The highest BCUT2D eigenvalue weighted by molar-refractivity contribution is 5.99. The molecule has 0 aliphatic heterocycles. The zero-order valence-corrected chi connectivity index (χ0v) is 18.5. The average Bonchev–Trinajstić information content (AvgIpc) is 2.76. The monoisotopic (exact) mass is 419 g/mol. The first-order chi connectivity index (χ1) is 14.9. The van der Waals surface area contributed by atoms with Crippen molar-refractivity contribution in [2.75, 3.05) is 13.7 Å². The van der Waals surface area contributed by atoms with Crippen LogP contribution in [0.5, 0.6) is 5.75 Å². The summed E-state index contributed by atoms with van der Waals surface area (Å²) >= 11 is 0. The summed E-state index contributed by atoms with van der Waals surface area (Å²) in [5, 5.41) is 4.73. The molecule has 162 valence electrons. The van der Waals surface area contributed by atoms with Gasteiger partial charge < -0.3 is 14.8 Å². The third kappa shape index (κ3) is 5.85. The number of carbonyl (C=O) groups excluding carboxylic acids is 2. The number of nitrogens with one attached hydrogen (secondary N) is 1. The lowest BCUT2D eigenvalue weighted by atomic mass is 10.00. The number of amides is 1. The molecule has 0 radical (unpaired) electrons. The molecule has 0 aromatic heterocycles. The Hall–Kier alpha value is -3.34. The summed E-state index contributed by atoms with van der Waals surface area (Å²) in [7, 11) is 1.50. The Morgan fingerprint density at radius 2 is 1.58 bits per heavy atom. The second-order valence-corrected chi connectivity index (χ2v) is 8.10. The molecule has 0 saturated heterocycles. The van der Waals surface area contributed by atoms with E-state index in [0.717, 1.165) is 22.8 Å². The summed E-state index contributed by atoms with van der Waals surface area (Å²) in [4.78, 5) is 24.9. The summed E-state index contributed by atoms with van der Waals surface area (Å²) < 4.78 is 10.6. The van der Waals surface area contributed by atoms with Crippen molar-refractivity contribution >= 4 is 22.6 Å². The molecule has 0 aliphatic rings. The van der Waals surface area contributed by atoms with Crippen LogP contribution in [0, 0.1) is 5.92 Å². The van der Waals surface area contributed by atoms with Crippen LogP contribution in [-0.2, 0) is 16.0 Å². The minimum atomic E-state index is -0.594. The van der Waals surface area contributed by atoms with Crippen LogP contribution in [-0.4, -0.2) is 25.6 Å². The van der Waals surface area contributed by atoms with Crippen LogP contribution in [0.3, 0.4) is 0 Å². The van der Waals surface area contributed by atoms with E-state index in [2.05, 4.69) is 31.3 Å². The number of fused-ring (bicyclic) bond motifs is 1. The Morgan fingerprint density at radius 1 is 0.935 bits per heavy atom. The largest absolute Gasteiger partial charge is 0.496 e. The van der Waals surface area contributed by atoms with Gasteiger partial charge in [-0.05, 0) is 53.3 Å². The van der Waals surface area contributed by atoms with Crippen molar-refractivity contribution in [1.29, 1.82) is 0 Å². The van der Waals surface area contributed by atoms with E-state index < -0.39 is 5.97 Å². The molecule has 0 spiro atoms. The van der Waals surface area contributed by atoms with E-state index in [9.17, 15) is 9.59 Å². The van der Waals surface area contributed by atoms with Crippen LogP contribution >= 0.6 is 0 Å². The second kappa shape index (κ2) is 10.1. The van der Waals surface area contributed by atoms with Gasteiger partial charge in [0.05, 0.1) is 13.2 Å². The molecule has 0 fully saturated rings. The predicted molar refractivity (Wildman–Crippen MR) is 122 cm³/mol. The van der Waals surface area contributed by atoms with E-state index in [1.165, 1.54) is 12.7 Å². The van der Waals surface area contributed by atoms with E-state index >= 15 is 0 Å². The molecule has 3 rings (SSSR count). The van der Waals surface area contributed by atoms with Crippen molar-refractivity contribution in [3.05, 3.63) is 77.4 Å². The van der Waals surface area contributed by atoms with Crippen molar-refractivity contribution in [2.45, 2.75) is 33.2 Å². The zero-order chi connectivity index (χ0) is 22.4. The van der Waals surface area contributed by atoms with E-state index in [-0.39, 0.29) is 18.6 Å². The van der Waals surface area contributed by atoms with E-state index in [1.54, 1.807) is 12.1 Å². The number of carbonyl (C=O) groups is 2. The molecule has 0 unspecified atom stereocenters. The third-order valence-electron chi connectivity index (χ3n) is 5.12. The lowest BCUT2D eigenvalue weighted by Gasteiger charge is -2.16. The Bertz CT molecular complexity index is 1060. The molecule has 5 heteroatoms. The number of ether oxygens (including phenoxy) is 2. The van der Waals surface area contributed by atoms with Crippen molar-refractivity contribution in [3.63, 3.8) is 0 Å². The first kappa shape index (κ1) is 22.3. The number of esters is 1. The minimum absolute atomic E-state index is 0.186. The van der Waals surface area contributed by atoms with Gasteiger partial charge in [0.15, 0.2) is 6.61 Å². The van der Waals surface area contributed by atoms with Gasteiger partial charge in [0.1, 0.15) is 11.3 Å². The standard InChI is InChI=1S/C26H29NO4/c1-17(2)13-19-9-11-20(12-10-19)18(3)27-25(28)16-31-26(29)23-14-21-7-5-6-8-22(21)15-24(23)30-4/h5-12,14-15,17-18H,13,16H2,1-4H3,(H,27,28)/t18-/m0/s1. The predicted octanol–water partition coefficient (Wildman–Crippen LogP) is 5.08. The van der Waals surface area contributed by atoms with Crippen LogP contribution in [0.25, 0.3) is 10.8 Å². The molecule has 0 bridgehead atoms. The molecule has 3 aromatic rings. The maximum Gasteiger partial charge on any atom is 0.342 e. The van der Waals surface area contributed by atoms with E-state index in [0.29, 0.717) is 17.2 Å². The maximum atomic E-state index is 12.6. The van der Waals surface area contributed by atoms with Gasteiger partial charge in [-0.25, -0.2) is 4.79 Å². The Morgan fingerprint density at radius 3 is 2.19 bits per heavy atom. The fourth-order valence-corrected chi connectivity index (χ4v) is 3.54. The van der Waals surface area contributed by atoms with Gasteiger partial charge in [0.25, 0.3) is 5.91 Å². The van der Waals surface area contributed by atoms with Gasteiger partial charge in [-0.3, -0.25) is 4.79 Å². The maximum absolute atomic E-state index is 12.6. The second-order valence-electron chi connectivity index (χ2n) is 8.10. The van der Waals surface area contributed by atoms with E-state index in [1.807, 2.05) is 43.3 Å². The fraction of sp³-hybridized carbons (Fsp3) is 0.308. The summed E-state index contributed by atoms with van der Waals surface area (Å²) in [5.74, 6) is 0.0631. The van der Waals surface area contributed by atoms with Crippen molar-refractivity contribution < 1.29 is 19.1 Å². The molecule has 0 aliphatic carbocycles. The summed E-state index contributed by atoms with van der Waals surface area (Å²) in [6, 6.07) is 19.2. The zero-order valence-electron chi connectivity index (χ0n) is 18.5. The first-order valence-corrected chi connectivity index (χ1v) is 10.5. The van der Waals surface area contributed by atoms with Gasteiger partial charge in [-0.2, -0.15) is 0 Å². The van der Waals surface area contributed by atoms with Gasteiger partial charge in [-0.15, -0.1) is 0 Å². The highest BCUT2D eigenvalue weighted by atomic mass is 16.5. The smallest absolute Gasteiger partial charge is 0.342 e. The number of hydrogen-bond acceptors (Lipinski definition) is 4. The summed E-state index contributed by atoms with van der Waals surface area (Å²) in [6.45, 7) is 5.92. The van der Waals surface area contributed by atoms with Crippen LogP contribution in [0.1, 0.15) is 48.3 Å². The summed E-state index contributed by atoms with van der Waals surface area (Å²) in [6.07, 6.45) is 1.02. The lowest BCUT2D eigenvalue weighted by molar-refractivity contribution is -0.124. The molecule has 0 heterocycles. The first-order valence-electron chi connectivity index (χ1n) is 10.5. The molecule has 3 aromatic carbocycles. The number of rotatable bonds is 8. The molecular weight excluding hydrogens is 390 g/mol. The number of methoxy groups -OCH3 is 1. The van der Waals surface area contributed by atoms with Crippen molar-refractivity contribution in [2.24, 2.45) is 5.92 Å². The lowest BCUT2D eigenvalue weighted by Crippen LogP contribution is -2.31. The Balaban J connectivity index is 1.59. The van der Waals surface area contributed by atoms with Crippen molar-refractivity contribution in [1.82, 2.24) is 5.32 Å². The van der Waals surface area contributed by atoms with Crippen LogP contribution < -0.4 is 10.1 Å². The highest BCUT2D eigenvalue weighted by Gasteiger charge is 2.17. The van der Waals surface area contributed by atoms with Gasteiger partial charge in [0.2, 0.25) is 0 Å². The summed E-state index contributed by atoms with van der Waals surface area (Å²) in [5.41, 5.74) is 2.57. The highest BCUT2D eigenvalue weighted by Crippen LogP contribution is 2.26. The molecular formula is C26H29NO4. The van der Waals surface area contributed by atoms with Crippen LogP contribution in [0.2, 0.25) is 0 Å². The topological polar surface area (TPSA) is 64.6 Å². The van der Waals surface area contributed by atoms with Gasteiger partial charge in [-0.1, -0.05) is 62.4 Å². The van der Waals surface area contributed by atoms with Crippen LogP contribution in [0.4, 0.5) is 0 Å². The SMILES string of the molecule is COc1cc2ccccc2cc1C(=O)OCC(=O)N[C@@H](C)c1ccc(CC(C)C)cc1. The van der Waals surface area contributed by atoms with Crippen molar-refractivity contribution in [3.8, 4) is 5.75 Å². The van der Waals surface area contributed by atoms with Gasteiger partial charge >= 0.3 is 5.97 Å². The van der Waals surface area contributed by atoms with Crippen LogP contribution in [0.15, 0.2) is 60.7 Å². The number of hydrogen-bond donors (Lipinski definition) is 1. The minimum Gasteiger partial charge on any atom is -0.496 e. The van der Waals surface area contributed by atoms with E-state index in [4.69, 9.17) is 9.47 Å². The molecule has 0 saturated carbocycles. The van der Waals surface area contributed by atoms with Gasteiger partial charge in [0, 0.05) is 0 Å². The Labute approximate surface area is 183 Å². The molecule has 1 amide bonds. The molecule has 5 nitrogen and oxygen atoms in total. The molecule has 31 heavy (non-hydrogen) atoms.